The van der Waals surface area contributed by atoms with Crippen molar-refractivity contribution in [1.82, 2.24) is 15.1 Å². The summed E-state index contributed by atoms with van der Waals surface area (Å²) in [5.41, 5.74) is 6.23. The van der Waals surface area contributed by atoms with Crippen molar-refractivity contribution < 1.29 is 0 Å². The van der Waals surface area contributed by atoms with E-state index in [2.05, 4.69) is 61.0 Å². The predicted octanol–water partition coefficient (Wildman–Crippen LogP) is 3.30. The van der Waals surface area contributed by atoms with Gasteiger partial charge in [0.15, 0.2) is 0 Å². The minimum absolute atomic E-state index is 0.893. The standard InChI is InChI=1S/C16H23N3/c1-5-9-17-10-15-11-18-19(14(15)4)16-12(2)7-6-8-13(16)3/h6-8,11,17H,5,9-10H2,1-4H3. The van der Waals surface area contributed by atoms with Crippen LogP contribution in [0.5, 0.6) is 0 Å². The van der Waals surface area contributed by atoms with Gasteiger partial charge in [0.05, 0.1) is 11.9 Å². The van der Waals surface area contributed by atoms with Crippen LogP contribution < -0.4 is 5.32 Å². The Labute approximate surface area is 115 Å². The smallest absolute Gasteiger partial charge is 0.0707 e. The molecule has 3 heteroatoms. The topological polar surface area (TPSA) is 29.9 Å². The summed E-state index contributed by atoms with van der Waals surface area (Å²) < 4.78 is 2.06. The van der Waals surface area contributed by atoms with Crippen molar-refractivity contribution in [3.05, 3.63) is 46.8 Å². The molecule has 0 amide bonds. The van der Waals surface area contributed by atoms with E-state index in [4.69, 9.17) is 0 Å². The maximum atomic E-state index is 4.56. The van der Waals surface area contributed by atoms with Crippen molar-refractivity contribution in [2.24, 2.45) is 0 Å². The molecule has 1 N–H and O–H groups in total. The Bertz CT molecular complexity index is 535. The Morgan fingerprint density at radius 1 is 1.16 bits per heavy atom. The SMILES string of the molecule is CCCNCc1cnn(-c2c(C)cccc2C)c1C. The number of nitrogens with one attached hydrogen (secondary N) is 1. The zero-order valence-electron chi connectivity index (χ0n) is 12.3. The molecular weight excluding hydrogens is 234 g/mol. The lowest BCUT2D eigenvalue weighted by Crippen LogP contribution is -2.14. The van der Waals surface area contributed by atoms with E-state index in [1.165, 1.54) is 28.1 Å². The first-order valence-corrected chi connectivity index (χ1v) is 6.96. The fraction of sp³-hybridized carbons (Fsp3) is 0.438. The van der Waals surface area contributed by atoms with E-state index in [0.29, 0.717) is 0 Å². The molecule has 0 aliphatic carbocycles. The molecule has 1 heterocycles. The van der Waals surface area contributed by atoms with Gasteiger partial charge in [0, 0.05) is 17.8 Å². The van der Waals surface area contributed by atoms with Gasteiger partial charge in [0.2, 0.25) is 0 Å². The second-order valence-corrected chi connectivity index (χ2v) is 5.08. The Balaban J connectivity index is 2.31. The molecule has 0 bridgehead atoms. The third-order valence-electron chi connectivity index (χ3n) is 3.50. The molecule has 19 heavy (non-hydrogen) atoms. The zero-order valence-corrected chi connectivity index (χ0v) is 12.3. The number of hydrogen-bond donors (Lipinski definition) is 1. The van der Waals surface area contributed by atoms with Gasteiger partial charge >= 0.3 is 0 Å². The third-order valence-corrected chi connectivity index (χ3v) is 3.50. The first kappa shape index (κ1) is 13.8. The van der Waals surface area contributed by atoms with Crippen molar-refractivity contribution >= 4 is 0 Å². The van der Waals surface area contributed by atoms with Crippen molar-refractivity contribution in [1.29, 1.82) is 0 Å². The van der Waals surface area contributed by atoms with Crippen LogP contribution in [0.2, 0.25) is 0 Å². The molecule has 1 aromatic heterocycles. The molecule has 0 spiro atoms. The number of aromatic nitrogens is 2. The maximum absolute atomic E-state index is 4.56. The summed E-state index contributed by atoms with van der Waals surface area (Å²) in [6.45, 7) is 10.5. The molecule has 0 saturated carbocycles. The summed E-state index contributed by atoms with van der Waals surface area (Å²) in [4.78, 5) is 0. The molecule has 0 aliphatic rings. The van der Waals surface area contributed by atoms with Gasteiger partial charge in [0.25, 0.3) is 0 Å². The minimum atomic E-state index is 0.893. The lowest BCUT2D eigenvalue weighted by molar-refractivity contribution is 0.672. The van der Waals surface area contributed by atoms with Crippen LogP contribution in [0, 0.1) is 20.8 Å². The number of nitrogens with zero attached hydrogens (tertiary/aromatic N) is 2. The van der Waals surface area contributed by atoms with E-state index in [9.17, 15) is 0 Å². The Morgan fingerprint density at radius 3 is 2.47 bits per heavy atom. The summed E-state index contributed by atoms with van der Waals surface area (Å²) in [5, 5.41) is 8.00. The van der Waals surface area contributed by atoms with E-state index in [0.717, 1.165) is 19.5 Å². The molecule has 0 radical (unpaired) electrons. The molecule has 0 fully saturated rings. The molecule has 0 aliphatic heterocycles. The highest BCUT2D eigenvalue weighted by Gasteiger charge is 2.11. The quantitative estimate of drug-likeness (QED) is 0.833. The van der Waals surface area contributed by atoms with Crippen LogP contribution in [0.1, 0.15) is 35.7 Å². The normalized spacial score (nSPS) is 10.9. The average Bonchev–Trinajstić information content (AvgIpc) is 2.72. The molecule has 0 atom stereocenters. The van der Waals surface area contributed by atoms with Gasteiger partial charge in [-0.3, -0.25) is 0 Å². The van der Waals surface area contributed by atoms with Crippen molar-refractivity contribution in [2.45, 2.75) is 40.7 Å². The van der Waals surface area contributed by atoms with Crippen LogP contribution in [0.15, 0.2) is 24.4 Å². The zero-order chi connectivity index (χ0) is 13.8. The summed E-state index contributed by atoms with van der Waals surface area (Å²) in [6, 6.07) is 6.37. The van der Waals surface area contributed by atoms with E-state index in [1.807, 2.05) is 6.20 Å². The molecule has 3 nitrogen and oxygen atoms in total. The molecule has 1 aromatic carbocycles. The van der Waals surface area contributed by atoms with Crippen LogP contribution in [0.3, 0.4) is 0 Å². The number of para-hydroxylation sites is 1. The van der Waals surface area contributed by atoms with Gasteiger partial charge in [-0.15, -0.1) is 0 Å². The van der Waals surface area contributed by atoms with Crippen LogP contribution in [-0.2, 0) is 6.54 Å². The predicted molar refractivity (Wildman–Crippen MR) is 79.8 cm³/mol. The Hall–Kier alpha value is -1.61. The first-order chi connectivity index (χ1) is 9.15. The van der Waals surface area contributed by atoms with E-state index in [-0.39, 0.29) is 0 Å². The molecule has 2 aromatic rings. The van der Waals surface area contributed by atoms with Gasteiger partial charge in [-0.05, 0) is 44.9 Å². The lowest BCUT2D eigenvalue weighted by atomic mass is 10.1. The van der Waals surface area contributed by atoms with Crippen molar-refractivity contribution in [3.63, 3.8) is 0 Å². The number of hydrogen-bond acceptors (Lipinski definition) is 2. The Kier molecular flexibility index (Phi) is 4.38. The second kappa shape index (κ2) is 6.02. The molecule has 2 rings (SSSR count). The number of benzene rings is 1. The molecule has 102 valence electrons. The second-order valence-electron chi connectivity index (χ2n) is 5.08. The monoisotopic (exact) mass is 257 g/mol. The summed E-state index contributed by atoms with van der Waals surface area (Å²) in [6.07, 6.45) is 3.13. The minimum Gasteiger partial charge on any atom is -0.313 e. The van der Waals surface area contributed by atoms with E-state index in [1.54, 1.807) is 0 Å². The van der Waals surface area contributed by atoms with E-state index < -0.39 is 0 Å². The van der Waals surface area contributed by atoms with Crippen LogP contribution >= 0.6 is 0 Å². The summed E-state index contributed by atoms with van der Waals surface area (Å²) >= 11 is 0. The van der Waals surface area contributed by atoms with E-state index >= 15 is 0 Å². The van der Waals surface area contributed by atoms with Crippen LogP contribution in [0.25, 0.3) is 5.69 Å². The van der Waals surface area contributed by atoms with Crippen LogP contribution in [-0.4, -0.2) is 16.3 Å². The largest absolute Gasteiger partial charge is 0.313 e. The van der Waals surface area contributed by atoms with Gasteiger partial charge < -0.3 is 5.32 Å². The molecule has 0 saturated heterocycles. The van der Waals surface area contributed by atoms with Gasteiger partial charge in [0.1, 0.15) is 0 Å². The number of aryl methyl sites for hydroxylation is 2. The first-order valence-electron chi connectivity index (χ1n) is 6.96. The van der Waals surface area contributed by atoms with Crippen LogP contribution in [0.4, 0.5) is 0 Å². The van der Waals surface area contributed by atoms with Gasteiger partial charge in [-0.2, -0.15) is 5.10 Å². The van der Waals surface area contributed by atoms with Crippen molar-refractivity contribution in [3.8, 4) is 5.69 Å². The molecule has 0 unspecified atom stereocenters. The van der Waals surface area contributed by atoms with Crippen molar-refractivity contribution in [2.75, 3.05) is 6.54 Å². The highest BCUT2D eigenvalue weighted by molar-refractivity contribution is 5.47. The molecular formula is C16H23N3. The highest BCUT2D eigenvalue weighted by Crippen LogP contribution is 2.21. The summed E-state index contributed by atoms with van der Waals surface area (Å²) in [7, 11) is 0. The maximum Gasteiger partial charge on any atom is 0.0707 e. The fourth-order valence-electron chi connectivity index (χ4n) is 2.38. The van der Waals surface area contributed by atoms with Gasteiger partial charge in [-0.25, -0.2) is 4.68 Å². The summed E-state index contributed by atoms with van der Waals surface area (Å²) in [5.74, 6) is 0. The highest BCUT2D eigenvalue weighted by atomic mass is 15.3. The third kappa shape index (κ3) is 2.87. The number of rotatable bonds is 5. The average molecular weight is 257 g/mol. The lowest BCUT2D eigenvalue weighted by Gasteiger charge is -2.12. The Morgan fingerprint density at radius 2 is 1.84 bits per heavy atom. The van der Waals surface area contributed by atoms with Gasteiger partial charge in [-0.1, -0.05) is 25.1 Å². The fourth-order valence-corrected chi connectivity index (χ4v) is 2.38.